The Morgan fingerprint density at radius 2 is 2.16 bits per heavy atom. The number of ether oxygens (including phenoxy) is 1. The van der Waals surface area contributed by atoms with Crippen molar-refractivity contribution in [2.45, 2.75) is 44.9 Å². The fourth-order valence-electron chi connectivity index (χ4n) is 3.80. The first kappa shape index (κ1) is 20.2. The van der Waals surface area contributed by atoms with Gasteiger partial charge in [0.25, 0.3) is 5.91 Å². The molecule has 0 spiro atoms. The Balaban J connectivity index is 1.38. The first-order valence-electron chi connectivity index (χ1n) is 10.6. The lowest BCUT2D eigenvalue weighted by atomic mass is 9.89. The smallest absolute Gasteiger partial charge is 0.291 e. The molecule has 1 aliphatic rings. The van der Waals surface area contributed by atoms with Gasteiger partial charge < -0.3 is 14.5 Å². The van der Waals surface area contributed by atoms with Gasteiger partial charge in [-0.3, -0.25) is 19.6 Å². The number of nitrogens with one attached hydrogen (secondary N) is 2. The highest BCUT2D eigenvalue weighted by Gasteiger charge is 2.33. The van der Waals surface area contributed by atoms with E-state index in [-0.39, 0.29) is 29.9 Å². The maximum absolute atomic E-state index is 12.9. The van der Waals surface area contributed by atoms with E-state index in [4.69, 9.17) is 14.3 Å². The molecule has 0 aromatic carbocycles. The molecule has 0 saturated heterocycles. The van der Waals surface area contributed by atoms with Gasteiger partial charge in [0.1, 0.15) is 11.5 Å². The van der Waals surface area contributed by atoms with Crippen LogP contribution < -0.4 is 5.32 Å². The molecule has 1 fully saturated rings. The molecule has 0 atom stereocenters. The highest BCUT2D eigenvalue weighted by molar-refractivity contribution is 6.04. The molecule has 0 aliphatic heterocycles. The van der Waals surface area contributed by atoms with Crippen LogP contribution in [0.1, 0.15) is 43.3 Å². The second-order valence-electron chi connectivity index (χ2n) is 8.12. The van der Waals surface area contributed by atoms with Crippen LogP contribution in [0, 0.1) is 0 Å². The summed E-state index contributed by atoms with van der Waals surface area (Å²) in [4.78, 5) is 17.3. The van der Waals surface area contributed by atoms with Gasteiger partial charge in [-0.05, 0) is 51.0 Å². The number of amides is 1. The Hall–Kier alpha value is -3.72. The highest BCUT2D eigenvalue weighted by Crippen LogP contribution is 2.37. The molecule has 5 rings (SSSR count). The topological polar surface area (TPSA) is 111 Å². The Morgan fingerprint density at radius 3 is 2.88 bits per heavy atom. The van der Waals surface area contributed by atoms with Gasteiger partial charge in [-0.25, -0.2) is 0 Å². The van der Waals surface area contributed by atoms with Crippen LogP contribution in [0.5, 0.6) is 0 Å². The monoisotopic (exact) mass is 432 g/mol. The number of pyridine rings is 1. The van der Waals surface area contributed by atoms with Gasteiger partial charge in [0.15, 0.2) is 5.76 Å². The average Bonchev–Trinajstić information content (AvgIpc) is 3.51. The normalized spacial score (nSPS) is 18.0. The molecule has 4 heterocycles. The fraction of sp³-hybridized carbons (Fsp3) is 0.304. The van der Waals surface area contributed by atoms with Crippen LogP contribution in [-0.4, -0.2) is 43.1 Å². The van der Waals surface area contributed by atoms with Gasteiger partial charge in [-0.15, -0.1) is 0 Å². The first-order valence-corrected chi connectivity index (χ1v) is 10.6. The molecule has 0 unspecified atom stereocenters. The zero-order chi connectivity index (χ0) is 22.1. The molecule has 0 radical (unpaired) electrons. The largest absolute Gasteiger partial charge is 0.451 e. The van der Waals surface area contributed by atoms with Gasteiger partial charge in [-0.1, -0.05) is 6.07 Å². The molecule has 4 aromatic heterocycles. The van der Waals surface area contributed by atoms with Gasteiger partial charge in [-0.2, -0.15) is 10.2 Å². The van der Waals surface area contributed by atoms with Crippen molar-refractivity contribution in [2.75, 3.05) is 5.32 Å². The summed E-state index contributed by atoms with van der Waals surface area (Å²) in [5.41, 5.74) is 2.67. The van der Waals surface area contributed by atoms with E-state index >= 15 is 0 Å². The molecule has 1 aliphatic carbocycles. The number of furan rings is 1. The van der Waals surface area contributed by atoms with Gasteiger partial charge in [0.05, 0.1) is 41.4 Å². The van der Waals surface area contributed by atoms with E-state index in [0.717, 1.165) is 18.4 Å². The fourth-order valence-corrected chi connectivity index (χ4v) is 3.80. The van der Waals surface area contributed by atoms with Crippen LogP contribution >= 0.6 is 0 Å². The SMILES string of the molecule is CC(C)OC1CC(n2cc(NC(=O)c3ccc(-c4cn[nH]c4)o3)c(-c3ccccn3)n2)C1. The number of aromatic amines is 1. The van der Waals surface area contributed by atoms with Gasteiger partial charge in [0, 0.05) is 18.6 Å². The molecule has 9 heteroatoms. The lowest BCUT2D eigenvalue weighted by Gasteiger charge is -2.36. The summed E-state index contributed by atoms with van der Waals surface area (Å²) < 4.78 is 13.5. The van der Waals surface area contributed by atoms with Crippen LogP contribution in [-0.2, 0) is 4.74 Å². The number of rotatable bonds is 7. The van der Waals surface area contributed by atoms with Crippen molar-refractivity contribution in [1.29, 1.82) is 0 Å². The molecule has 4 aromatic rings. The van der Waals surface area contributed by atoms with Crippen LogP contribution in [0.25, 0.3) is 22.7 Å². The molecule has 0 bridgehead atoms. The summed E-state index contributed by atoms with van der Waals surface area (Å²) in [7, 11) is 0. The van der Waals surface area contributed by atoms with E-state index in [1.165, 1.54) is 0 Å². The number of anilines is 1. The standard InChI is InChI=1S/C23H24N6O3/c1-14(2)31-17-9-16(10-17)29-13-19(22(28-29)18-5-3-4-8-24-18)27-23(30)21-7-6-20(32-21)15-11-25-26-12-15/h3-8,11-14,16-17H,9-10H2,1-2H3,(H,25,26)(H,27,30). The maximum atomic E-state index is 12.9. The third kappa shape index (κ3) is 4.06. The number of hydrogen-bond acceptors (Lipinski definition) is 6. The van der Waals surface area contributed by atoms with Crippen molar-refractivity contribution < 1.29 is 13.9 Å². The zero-order valence-electron chi connectivity index (χ0n) is 17.9. The Morgan fingerprint density at radius 1 is 1.28 bits per heavy atom. The van der Waals surface area contributed by atoms with Crippen LogP contribution in [0.4, 0.5) is 5.69 Å². The van der Waals surface area contributed by atoms with Gasteiger partial charge >= 0.3 is 0 Å². The van der Waals surface area contributed by atoms with E-state index in [9.17, 15) is 4.79 Å². The molecule has 9 nitrogen and oxygen atoms in total. The Labute approximate surface area is 184 Å². The predicted molar refractivity (Wildman–Crippen MR) is 118 cm³/mol. The predicted octanol–water partition coefficient (Wildman–Crippen LogP) is 4.31. The summed E-state index contributed by atoms with van der Waals surface area (Å²) in [5.74, 6) is 0.413. The van der Waals surface area contributed by atoms with Crippen molar-refractivity contribution in [1.82, 2.24) is 25.0 Å². The minimum atomic E-state index is -0.355. The molecule has 32 heavy (non-hydrogen) atoms. The molecule has 1 amide bonds. The number of aromatic nitrogens is 5. The number of H-pyrrole nitrogens is 1. The third-order valence-electron chi connectivity index (χ3n) is 5.41. The number of nitrogens with zero attached hydrogens (tertiary/aromatic N) is 4. The number of carbonyl (C=O) groups excluding carboxylic acids is 1. The quantitative estimate of drug-likeness (QED) is 0.450. The minimum Gasteiger partial charge on any atom is -0.451 e. The zero-order valence-corrected chi connectivity index (χ0v) is 17.9. The second-order valence-corrected chi connectivity index (χ2v) is 8.12. The molecular formula is C23H24N6O3. The third-order valence-corrected chi connectivity index (χ3v) is 5.41. The number of carbonyl (C=O) groups is 1. The Bertz CT molecular complexity index is 1190. The summed E-state index contributed by atoms with van der Waals surface area (Å²) in [5, 5.41) is 14.3. The van der Waals surface area contributed by atoms with E-state index in [0.29, 0.717) is 22.8 Å². The van der Waals surface area contributed by atoms with Crippen LogP contribution in [0.15, 0.2) is 59.5 Å². The first-order chi connectivity index (χ1) is 15.6. The van der Waals surface area contributed by atoms with Gasteiger partial charge in [0.2, 0.25) is 0 Å². The van der Waals surface area contributed by atoms with E-state index in [2.05, 4.69) is 20.5 Å². The van der Waals surface area contributed by atoms with Crippen molar-refractivity contribution in [2.24, 2.45) is 0 Å². The molecule has 164 valence electrons. The Kier molecular flexibility index (Phi) is 5.32. The molecular weight excluding hydrogens is 408 g/mol. The van der Waals surface area contributed by atoms with Crippen molar-refractivity contribution >= 4 is 11.6 Å². The average molecular weight is 432 g/mol. The minimum absolute atomic E-state index is 0.204. The van der Waals surface area contributed by atoms with E-state index < -0.39 is 0 Å². The maximum Gasteiger partial charge on any atom is 0.291 e. The van der Waals surface area contributed by atoms with Crippen LogP contribution in [0.3, 0.4) is 0 Å². The lowest BCUT2D eigenvalue weighted by Crippen LogP contribution is -2.35. The van der Waals surface area contributed by atoms with Crippen molar-refractivity contribution in [3.05, 3.63) is 60.9 Å². The van der Waals surface area contributed by atoms with Crippen molar-refractivity contribution in [3.63, 3.8) is 0 Å². The second kappa shape index (κ2) is 8.43. The summed E-state index contributed by atoms with van der Waals surface area (Å²) in [6, 6.07) is 9.22. The molecule has 2 N–H and O–H groups in total. The van der Waals surface area contributed by atoms with Crippen molar-refractivity contribution in [3.8, 4) is 22.7 Å². The lowest BCUT2D eigenvalue weighted by molar-refractivity contribution is -0.0599. The highest BCUT2D eigenvalue weighted by atomic mass is 16.5. The molecule has 1 saturated carbocycles. The summed E-state index contributed by atoms with van der Waals surface area (Å²) in [6.07, 6.45) is 9.14. The van der Waals surface area contributed by atoms with E-state index in [1.807, 2.05) is 42.9 Å². The number of hydrogen-bond donors (Lipinski definition) is 2. The van der Waals surface area contributed by atoms with E-state index in [1.54, 1.807) is 30.7 Å². The summed E-state index contributed by atoms with van der Waals surface area (Å²) in [6.45, 7) is 4.08. The van der Waals surface area contributed by atoms with Crippen LogP contribution in [0.2, 0.25) is 0 Å². The summed E-state index contributed by atoms with van der Waals surface area (Å²) >= 11 is 0.